The van der Waals surface area contributed by atoms with Crippen LogP contribution in [-0.2, 0) is 55.3 Å². The van der Waals surface area contributed by atoms with E-state index >= 15 is 4.79 Å². The molecule has 5 unspecified atom stereocenters. The molecule has 0 radical (unpaired) electrons. The summed E-state index contributed by atoms with van der Waals surface area (Å²) in [5, 5.41) is 11.5. The summed E-state index contributed by atoms with van der Waals surface area (Å²) in [5.41, 5.74) is 2.17. The highest BCUT2D eigenvalue weighted by Crippen LogP contribution is 2.50. The van der Waals surface area contributed by atoms with Gasteiger partial charge in [-0.1, -0.05) is 136 Å². The Morgan fingerprint density at radius 3 is 1.61 bits per heavy atom. The number of aliphatic hydroxyl groups is 1. The lowest BCUT2D eigenvalue weighted by Gasteiger charge is -2.56. The van der Waals surface area contributed by atoms with Crippen molar-refractivity contribution in [3.05, 3.63) is 36.5 Å². The molecule has 0 aromatic heterocycles. The van der Waals surface area contributed by atoms with Crippen LogP contribution in [0.15, 0.2) is 36.5 Å². The molecule has 13 nitrogen and oxygen atoms in total. The van der Waals surface area contributed by atoms with Crippen molar-refractivity contribution >= 4 is 47.4 Å². The summed E-state index contributed by atoms with van der Waals surface area (Å²) in [5.74, 6) is 0.0699. The zero-order valence-corrected chi connectivity index (χ0v) is 66.0. The first-order valence-corrected chi connectivity index (χ1v) is 48.9. The van der Waals surface area contributed by atoms with Crippen LogP contribution >= 0.6 is 0 Å². The molecule has 0 aromatic carbocycles. The molecule has 8 aliphatic heterocycles. The molecule has 18 atom stereocenters. The maximum absolute atomic E-state index is 15.4. The number of fused-ring (bicyclic) bond motifs is 2. The quantitative estimate of drug-likeness (QED) is 0.131. The highest BCUT2D eigenvalue weighted by molar-refractivity contribution is 6.76. The zero-order chi connectivity index (χ0) is 66.5. The lowest BCUT2D eigenvalue weighted by atomic mass is 9.81. The lowest BCUT2D eigenvalue weighted by Crippen LogP contribution is -2.69. The zero-order valence-electron chi connectivity index (χ0n) is 61.0. The van der Waals surface area contributed by atoms with E-state index in [1.165, 1.54) is 0 Å². The molecule has 8 aliphatic rings. The minimum Gasteiger partial charge on any atom is -0.414 e. The first kappa shape index (κ1) is 76.5. The van der Waals surface area contributed by atoms with Crippen LogP contribution in [-0.4, -0.2) is 164 Å². The van der Waals surface area contributed by atoms with Crippen molar-refractivity contribution in [1.29, 1.82) is 0 Å². The van der Waals surface area contributed by atoms with Crippen LogP contribution < -0.4 is 0 Å². The second-order valence-electron chi connectivity index (χ2n) is 35.7. The first-order chi connectivity index (χ1) is 40.0. The summed E-state index contributed by atoms with van der Waals surface area (Å²) >= 11 is 0. The van der Waals surface area contributed by atoms with Gasteiger partial charge >= 0.3 is 0 Å². The summed E-state index contributed by atoms with van der Waals surface area (Å²) < 4.78 is 80.5. The summed E-state index contributed by atoms with van der Waals surface area (Å²) in [6.45, 7) is 69.2. The average molecular weight is 1320 g/mol. The van der Waals surface area contributed by atoms with E-state index in [0.29, 0.717) is 45.1 Å². The van der Waals surface area contributed by atoms with E-state index in [1.807, 2.05) is 6.08 Å². The molecular weight excluding hydrogens is 1190 g/mol. The third-order valence-electron chi connectivity index (χ3n) is 23.7. The van der Waals surface area contributed by atoms with Gasteiger partial charge in [-0.25, -0.2) is 0 Å². The molecule has 0 saturated carbocycles. The average Bonchev–Trinajstić information content (AvgIpc) is 3.91. The second-order valence-corrected chi connectivity index (χ2v) is 59.5. The summed E-state index contributed by atoms with van der Waals surface area (Å²) in [7, 11) is -10.3. The van der Waals surface area contributed by atoms with Gasteiger partial charge in [0.25, 0.3) is 0 Å². The van der Waals surface area contributed by atoms with E-state index in [1.54, 1.807) is 7.11 Å². The van der Waals surface area contributed by atoms with Crippen molar-refractivity contribution in [2.24, 2.45) is 11.8 Å². The molecule has 510 valence electrons. The van der Waals surface area contributed by atoms with Gasteiger partial charge in [-0.2, -0.15) is 0 Å². The highest BCUT2D eigenvalue weighted by atomic mass is 28.4. The monoisotopic (exact) mass is 1320 g/mol. The van der Waals surface area contributed by atoms with Gasteiger partial charge in [-0.15, -0.1) is 0 Å². The molecule has 5 saturated heterocycles. The van der Waals surface area contributed by atoms with E-state index in [2.05, 4.69) is 195 Å². The topological polar surface area (TPSA) is 139 Å². The summed E-state index contributed by atoms with van der Waals surface area (Å²) in [4.78, 5) is 15.4. The highest BCUT2D eigenvalue weighted by Gasteiger charge is 2.59. The van der Waals surface area contributed by atoms with Crippen LogP contribution in [0.1, 0.15) is 188 Å². The van der Waals surface area contributed by atoms with Crippen molar-refractivity contribution in [2.75, 3.05) is 13.7 Å². The number of carbonyl (C=O) groups excluding carboxylic acids is 1. The largest absolute Gasteiger partial charge is 0.414 e. The van der Waals surface area contributed by atoms with E-state index in [4.69, 9.17) is 50.6 Å². The Hall–Kier alpha value is -0.506. The van der Waals surface area contributed by atoms with E-state index < -0.39 is 84.3 Å². The second kappa shape index (κ2) is 28.7. The number of aliphatic hydroxyl groups excluding tert-OH is 1. The van der Waals surface area contributed by atoms with Gasteiger partial charge in [-0.3, -0.25) is 4.79 Å². The van der Waals surface area contributed by atoms with Gasteiger partial charge in [0.05, 0.1) is 79.9 Å². The third kappa shape index (κ3) is 18.7. The lowest BCUT2D eigenvalue weighted by molar-refractivity contribution is -0.266. The molecule has 0 amide bonds. The predicted octanol–water partition coefficient (Wildman–Crippen LogP) is 17.0. The summed E-state index contributed by atoms with van der Waals surface area (Å²) in [6.07, 6.45) is 5.27. The number of hydrogen-bond donors (Lipinski definition) is 1. The maximum atomic E-state index is 15.4. The molecule has 5 fully saturated rings. The molecule has 0 spiro atoms. The van der Waals surface area contributed by atoms with E-state index in [-0.39, 0.29) is 111 Å². The predicted molar refractivity (Wildman–Crippen MR) is 372 cm³/mol. The van der Waals surface area contributed by atoms with Crippen molar-refractivity contribution in [3.8, 4) is 0 Å². The molecular formula is C70H132O13Si5. The number of methoxy groups -OCH3 is 1. The number of hydrogen-bond acceptors (Lipinski definition) is 13. The Balaban J connectivity index is 1.45. The van der Waals surface area contributed by atoms with Gasteiger partial charge in [-0.05, 0) is 159 Å². The Labute approximate surface area is 543 Å². The van der Waals surface area contributed by atoms with Crippen LogP contribution in [0.25, 0.3) is 0 Å². The van der Waals surface area contributed by atoms with Gasteiger partial charge in [0.1, 0.15) is 30.2 Å². The molecule has 8 heterocycles. The molecule has 8 rings (SSSR count). The fraction of sp³-hybridized carbons (Fsp3) is 0.900. The fourth-order valence-corrected chi connectivity index (χ4v) is 18.8. The number of ketones is 1. The van der Waals surface area contributed by atoms with Gasteiger partial charge in [0.15, 0.2) is 41.6 Å². The van der Waals surface area contributed by atoms with Gasteiger partial charge < -0.3 is 55.7 Å². The SMILES string of the molecule is C=C1C[C@@H]2CCC(O)/C=C/[C@H](O[Si](C)(C)C(C)(C)C)[C@@H]3O[C@H]4CCC(CC(=O)C[C@H]5[C@H](CC6O[C@@H](CCC1O2)C[C@@H](C)C6=C)OC(C[C@@H](CO[Si](C)(C)C(C)(C)C)O[Si](C)(C)C(C)(C)C)[C@@H]5OC)O[C@@H]4[C@H](O[Si](C)(C)C(C)(C)C)[C@@H]3O[Si](C)(C)C(C)(C)C. The molecule has 88 heavy (non-hydrogen) atoms. The molecule has 0 aromatic rings. The van der Waals surface area contributed by atoms with Gasteiger partial charge in [0.2, 0.25) is 0 Å². The fourth-order valence-electron chi connectivity index (χ4n) is 12.5. The number of Topliss-reactive ketones (excluding diaryl/α,β-unsaturated/α-hetero) is 1. The Morgan fingerprint density at radius 1 is 0.545 bits per heavy atom. The smallest absolute Gasteiger partial charge is 0.193 e. The van der Waals surface area contributed by atoms with Crippen LogP contribution in [0, 0.1) is 11.8 Å². The standard InChI is InChI=1S/C70H132O13Si5/c1-45-38-51-33-36-55-46(2)39-50(75-55)32-30-48(71)31-35-57(81-86(24,25)68(10,11)12)63-65(83-88(28,29)70(16,17)18)64(82-87(26,27)69(13,14)15)62-56(79-63)37-34-52(77-62)40-49(72)41-54-59(43-58(76-51)47(45)3)78-60(61(54)73-19)42-53(80-85(22,23)67(7,8)9)44-74-84(20,21)66(4,5)6/h31,35,45,48,50-65,71H,2-3,30,32-34,36-44H2,1,4-29H3/b35-31+/t45-,48?,50+,51+,52?,53+,54+,55?,56+,57+,58?,59+,60?,61-,62+,63+,64+,65-/m1/s1. The maximum Gasteiger partial charge on any atom is 0.193 e. The molecule has 1 N–H and O–H groups in total. The minimum absolute atomic E-state index is 0.0128. The Bertz CT molecular complexity index is 2360. The van der Waals surface area contributed by atoms with Crippen molar-refractivity contribution in [2.45, 2.75) is 376 Å². The number of ether oxygens (including phenoxy) is 6. The first-order valence-electron chi connectivity index (χ1n) is 34.4. The van der Waals surface area contributed by atoms with Crippen LogP contribution in [0.5, 0.6) is 0 Å². The Kier molecular flexibility index (Phi) is 24.9. The van der Waals surface area contributed by atoms with Gasteiger partial charge in [0, 0.05) is 38.7 Å². The number of carbonyl (C=O) groups is 1. The van der Waals surface area contributed by atoms with E-state index in [9.17, 15) is 5.11 Å². The van der Waals surface area contributed by atoms with Crippen molar-refractivity contribution < 1.29 is 60.5 Å². The third-order valence-corrected chi connectivity index (χ3v) is 46.1. The molecule has 0 aliphatic carbocycles. The minimum atomic E-state index is -2.58. The van der Waals surface area contributed by atoms with Crippen LogP contribution in [0.2, 0.25) is 90.7 Å². The van der Waals surface area contributed by atoms with Crippen molar-refractivity contribution in [3.63, 3.8) is 0 Å². The molecule has 18 heteroatoms. The summed E-state index contributed by atoms with van der Waals surface area (Å²) in [6, 6.07) is 0. The van der Waals surface area contributed by atoms with Crippen molar-refractivity contribution in [1.82, 2.24) is 0 Å². The molecule has 8 bridgehead atoms. The normalized spacial score (nSPS) is 35.4. The van der Waals surface area contributed by atoms with Crippen LogP contribution in [0.4, 0.5) is 0 Å². The number of rotatable bonds is 14. The Morgan fingerprint density at radius 2 is 1.06 bits per heavy atom. The van der Waals surface area contributed by atoms with E-state index in [0.717, 1.165) is 36.8 Å². The van der Waals surface area contributed by atoms with Crippen LogP contribution in [0.3, 0.4) is 0 Å².